The molecule has 0 saturated carbocycles. The summed E-state index contributed by atoms with van der Waals surface area (Å²) in [4.78, 5) is 17.2. The second-order valence-electron chi connectivity index (χ2n) is 5.87. The van der Waals surface area contributed by atoms with Gasteiger partial charge in [0.15, 0.2) is 5.13 Å². The van der Waals surface area contributed by atoms with Crippen molar-refractivity contribution >= 4 is 22.4 Å². The standard InChI is InChI=1S/C18H23N3O2S/c1-2-19-18-21-12-15(24-18)17(22)20-11-14-9-6-10-23-16(14)13-7-4-3-5-8-13/h3-5,7-8,12,14,16H,2,6,9-11H2,1H3,(H,19,21)(H,20,22)/t14-,16-/m1/s1. The largest absolute Gasteiger partial charge is 0.373 e. The van der Waals surface area contributed by atoms with Gasteiger partial charge in [0.05, 0.1) is 12.3 Å². The Morgan fingerprint density at radius 1 is 1.38 bits per heavy atom. The molecule has 0 radical (unpaired) electrons. The van der Waals surface area contributed by atoms with Crippen LogP contribution in [0.5, 0.6) is 0 Å². The van der Waals surface area contributed by atoms with Crippen molar-refractivity contribution in [2.24, 2.45) is 5.92 Å². The van der Waals surface area contributed by atoms with Gasteiger partial charge in [-0.25, -0.2) is 4.98 Å². The van der Waals surface area contributed by atoms with Crippen LogP contribution in [-0.4, -0.2) is 30.6 Å². The van der Waals surface area contributed by atoms with Crippen LogP contribution in [0.15, 0.2) is 36.5 Å². The smallest absolute Gasteiger partial charge is 0.263 e. The van der Waals surface area contributed by atoms with E-state index in [1.807, 2.05) is 25.1 Å². The molecule has 3 rings (SSSR count). The first-order valence-corrected chi connectivity index (χ1v) is 9.24. The van der Waals surface area contributed by atoms with Crippen LogP contribution in [0.4, 0.5) is 5.13 Å². The van der Waals surface area contributed by atoms with Crippen LogP contribution in [0.3, 0.4) is 0 Å². The number of hydrogen-bond acceptors (Lipinski definition) is 5. The summed E-state index contributed by atoms with van der Waals surface area (Å²) >= 11 is 1.38. The zero-order valence-corrected chi connectivity index (χ0v) is 14.6. The zero-order chi connectivity index (χ0) is 16.8. The molecular weight excluding hydrogens is 322 g/mol. The van der Waals surface area contributed by atoms with E-state index in [4.69, 9.17) is 4.74 Å². The highest BCUT2D eigenvalue weighted by molar-refractivity contribution is 7.17. The lowest BCUT2D eigenvalue weighted by molar-refractivity contribution is -0.0272. The molecule has 5 nitrogen and oxygen atoms in total. The number of rotatable bonds is 6. The van der Waals surface area contributed by atoms with Crippen LogP contribution in [0, 0.1) is 5.92 Å². The summed E-state index contributed by atoms with van der Waals surface area (Å²) in [6.45, 7) is 4.21. The Kier molecular flexibility index (Phi) is 5.82. The quantitative estimate of drug-likeness (QED) is 0.841. The molecule has 0 aliphatic carbocycles. The predicted octanol–water partition coefficient (Wildman–Crippen LogP) is 3.47. The third kappa shape index (κ3) is 4.13. The first-order chi connectivity index (χ1) is 11.8. The van der Waals surface area contributed by atoms with E-state index in [-0.39, 0.29) is 12.0 Å². The highest BCUT2D eigenvalue weighted by atomic mass is 32.1. The van der Waals surface area contributed by atoms with Crippen LogP contribution in [0.25, 0.3) is 0 Å². The summed E-state index contributed by atoms with van der Waals surface area (Å²) in [5, 5.41) is 6.95. The molecule has 1 amide bonds. The minimum Gasteiger partial charge on any atom is -0.373 e. The predicted molar refractivity (Wildman–Crippen MR) is 96.5 cm³/mol. The normalized spacial score (nSPS) is 20.5. The van der Waals surface area contributed by atoms with E-state index in [1.54, 1.807) is 6.20 Å². The van der Waals surface area contributed by atoms with Crippen molar-refractivity contribution in [2.75, 3.05) is 25.0 Å². The Morgan fingerprint density at radius 2 is 2.21 bits per heavy atom. The fourth-order valence-electron chi connectivity index (χ4n) is 2.99. The third-order valence-electron chi connectivity index (χ3n) is 4.16. The van der Waals surface area contributed by atoms with Crippen LogP contribution < -0.4 is 10.6 Å². The molecule has 1 aliphatic heterocycles. The number of aromatic nitrogens is 1. The van der Waals surface area contributed by atoms with Crippen LogP contribution in [0.2, 0.25) is 0 Å². The van der Waals surface area contributed by atoms with E-state index in [0.717, 1.165) is 31.1 Å². The van der Waals surface area contributed by atoms with Crippen molar-refractivity contribution in [1.82, 2.24) is 10.3 Å². The summed E-state index contributed by atoms with van der Waals surface area (Å²) in [5.74, 6) is 0.236. The lowest BCUT2D eigenvalue weighted by Crippen LogP contribution is -2.34. The highest BCUT2D eigenvalue weighted by Crippen LogP contribution is 2.33. The molecule has 2 N–H and O–H groups in total. The van der Waals surface area contributed by atoms with Crippen LogP contribution in [-0.2, 0) is 4.74 Å². The molecular formula is C18H23N3O2S. The van der Waals surface area contributed by atoms with E-state index in [1.165, 1.54) is 16.9 Å². The van der Waals surface area contributed by atoms with Gasteiger partial charge < -0.3 is 15.4 Å². The van der Waals surface area contributed by atoms with Crippen molar-refractivity contribution in [2.45, 2.75) is 25.9 Å². The molecule has 2 heterocycles. The van der Waals surface area contributed by atoms with E-state index in [2.05, 4.69) is 27.8 Å². The summed E-state index contributed by atoms with van der Waals surface area (Å²) in [6.07, 6.45) is 3.78. The van der Waals surface area contributed by atoms with Crippen LogP contribution >= 0.6 is 11.3 Å². The molecule has 0 spiro atoms. The SMILES string of the molecule is CCNc1ncc(C(=O)NC[C@H]2CCCO[C@@H]2c2ccccc2)s1. The summed E-state index contributed by atoms with van der Waals surface area (Å²) < 4.78 is 5.98. The Balaban J connectivity index is 1.60. The summed E-state index contributed by atoms with van der Waals surface area (Å²) in [7, 11) is 0. The summed E-state index contributed by atoms with van der Waals surface area (Å²) in [6, 6.07) is 10.3. The number of amides is 1. The number of nitrogens with zero attached hydrogens (tertiary/aromatic N) is 1. The molecule has 0 unspecified atom stereocenters. The van der Waals surface area contributed by atoms with Gasteiger partial charge in [0.2, 0.25) is 0 Å². The number of carbonyl (C=O) groups excluding carboxylic acids is 1. The number of nitrogens with one attached hydrogen (secondary N) is 2. The Hall–Kier alpha value is -1.92. The number of benzene rings is 1. The Bertz CT molecular complexity index is 659. The maximum atomic E-state index is 12.3. The number of carbonyl (C=O) groups is 1. The fraction of sp³-hybridized carbons (Fsp3) is 0.444. The number of anilines is 1. The third-order valence-corrected chi connectivity index (χ3v) is 5.11. The minimum atomic E-state index is -0.0611. The molecule has 1 fully saturated rings. The van der Waals surface area contributed by atoms with Crippen molar-refractivity contribution in [3.63, 3.8) is 0 Å². The topological polar surface area (TPSA) is 63.2 Å². The van der Waals surface area contributed by atoms with Gasteiger partial charge in [-0.05, 0) is 25.3 Å². The maximum Gasteiger partial charge on any atom is 0.263 e. The van der Waals surface area contributed by atoms with Crippen molar-refractivity contribution < 1.29 is 9.53 Å². The molecule has 128 valence electrons. The van der Waals surface area contributed by atoms with Gasteiger partial charge in [0, 0.05) is 25.6 Å². The van der Waals surface area contributed by atoms with E-state index < -0.39 is 0 Å². The average molecular weight is 345 g/mol. The molecule has 24 heavy (non-hydrogen) atoms. The van der Waals surface area contributed by atoms with Crippen molar-refractivity contribution in [3.8, 4) is 0 Å². The van der Waals surface area contributed by atoms with Gasteiger partial charge in [0.25, 0.3) is 5.91 Å². The van der Waals surface area contributed by atoms with Gasteiger partial charge in [-0.15, -0.1) is 0 Å². The summed E-state index contributed by atoms with van der Waals surface area (Å²) in [5.41, 5.74) is 1.18. The lowest BCUT2D eigenvalue weighted by Gasteiger charge is -2.32. The number of ether oxygens (including phenoxy) is 1. The molecule has 2 aromatic rings. The fourth-order valence-corrected chi connectivity index (χ4v) is 3.79. The first kappa shape index (κ1) is 16.9. The molecule has 2 atom stereocenters. The lowest BCUT2D eigenvalue weighted by atomic mass is 9.89. The zero-order valence-electron chi connectivity index (χ0n) is 13.8. The molecule has 6 heteroatoms. The molecule has 0 bridgehead atoms. The van der Waals surface area contributed by atoms with Gasteiger partial charge in [0.1, 0.15) is 4.88 Å². The minimum absolute atomic E-state index is 0.0547. The van der Waals surface area contributed by atoms with E-state index >= 15 is 0 Å². The van der Waals surface area contributed by atoms with Crippen molar-refractivity contribution in [1.29, 1.82) is 0 Å². The van der Waals surface area contributed by atoms with Gasteiger partial charge in [-0.2, -0.15) is 0 Å². The van der Waals surface area contributed by atoms with Gasteiger partial charge in [-0.1, -0.05) is 41.7 Å². The number of hydrogen-bond donors (Lipinski definition) is 2. The van der Waals surface area contributed by atoms with Gasteiger partial charge >= 0.3 is 0 Å². The molecule has 1 saturated heterocycles. The average Bonchev–Trinajstić information content (AvgIpc) is 3.10. The van der Waals surface area contributed by atoms with E-state index in [0.29, 0.717) is 17.3 Å². The van der Waals surface area contributed by atoms with Gasteiger partial charge in [-0.3, -0.25) is 4.79 Å². The number of thiazole rings is 1. The molecule has 1 aromatic carbocycles. The Labute approximate surface area is 146 Å². The monoisotopic (exact) mass is 345 g/mol. The van der Waals surface area contributed by atoms with Crippen molar-refractivity contribution in [3.05, 3.63) is 47.0 Å². The second-order valence-corrected chi connectivity index (χ2v) is 6.91. The second kappa shape index (κ2) is 8.26. The first-order valence-electron chi connectivity index (χ1n) is 8.42. The maximum absolute atomic E-state index is 12.3. The van der Waals surface area contributed by atoms with Crippen LogP contribution in [0.1, 0.15) is 41.1 Å². The van der Waals surface area contributed by atoms with E-state index in [9.17, 15) is 4.79 Å². The molecule has 1 aromatic heterocycles. The highest BCUT2D eigenvalue weighted by Gasteiger charge is 2.27. The Morgan fingerprint density at radius 3 is 3.00 bits per heavy atom. The molecule has 1 aliphatic rings.